The summed E-state index contributed by atoms with van der Waals surface area (Å²) in [6.07, 6.45) is 1.18. The second-order valence-electron chi connectivity index (χ2n) is 11.0. The molecule has 1 heterocycles. The highest BCUT2D eigenvalue weighted by atomic mass is 16.6. The fourth-order valence-corrected chi connectivity index (χ4v) is 4.18. The molecule has 1 aliphatic rings. The van der Waals surface area contributed by atoms with Crippen LogP contribution in [-0.2, 0) is 25.5 Å². The van der Waals surface area contributed by atoms with Gasteiger partial charge in [-0.15, -0.1) is 0 Å². The largest absolute Gasteiger partial charge is 0.487 e. The van der Waals surface area contributed by atoms with Gasteiger partial charge in [-0.05, 0) is 53.4 Å². The quantitative estimate of drug-likeness (QED) is 0.379. The molecule has 1 atom stereocenters. The number of rotatable bonds is 6. The molecule has 0 aliphatic carbocycles. The van der Waals surface area contributed by atoms with Gasteiger partial charge in [-0.2, -0.15) is 0 Å². The lowest BCUT2D eigenvalue weighted by Gasteiger charge is -2.34. The van der Waals surface area contributed by atoms with Gasteiger partial charge >= 0.3 is 17.9 Å². The maximum absolute atomic E-state index is 13.4. The zero-order valence-electron chi connectivity index (χ0n) is 21.9. The molecule has 0 amide bonds. The SMILES string of the molecule is CC(=O)Oc1c2c(c3ccccc3c1OC(=O)[C@@H](CC(=O)OC(C)(C)C)C(C)C)OC(C)(C)CC2. The second-order valence-corrected chi connectivity index (χ2v) is 11.0. The number of hydrogen-bond acceptors (Lipinski definition) is 7. The Hall–Kier alpha value is -3.09. The highest BCUT2D eigenvalue weighted by Crippen LogP contribution is 2.50. The van der Waals surface area contributed by atoms with Gasteiger partial charge in [0.2, 0.25) is 0 Å². The van der Waals surface area contributed by atoms with Crippen molar-refractivity contribution in [2.24, 2.45) is 11.8 Å². The van der Waals surface area contributed by atoms with E-state index in [0.717, 1.165) is 5.39 Å². The van der Waals surface area contributed by atoms with Crippen LogP contribution in [0.2, 0.25) is 0 Å². The first-order valence-corrected chi connectivity index (χ1v) is 12.1. The summed E-state index contributed by atoms with van der Waals surface area (Å²) in [6.45, 7) is 14.4. The number of esters is 3. The molecule has 0 radical (unpaired) electrons. The normalized spacial score (nSPS) is 15.7. The van der Waals surface area contributed by atoms with Crippen LogP contribution in [0.1, 0.15) is 73.8 Å². The summed E-state index contributed by atoms with van der Waals surface area (Å²) in [5.41, 5.74) is -0.361. The zero-order chi connectivity index (χ0) is 26.1. The van der Waals surface area contributed by atoms with Gasteiger partial charge in [0.1, 0.15) is 17.0 Å². The first kappa shape index (κ1) is 26.5. The van der Waals surface area contributed by atoms with Crippen LogP contribution in [0.5, 0.6) is 17.2 Å². The summed E-state index contributed by atoms with van der Waals surface area (Å²) in [7, 11) is 0. The molecule has 3 rings (SSSR count). The fraction of sp³-hybridized carbons (Fsp3) is 0.536. The fourth-order valence-electron chi connectivity index (χ4n) is 4.18. The van der Waals surface area contributed by atoms with Crippen molar-refractivity contribution in [1.29, 1.82) is 0 Å². The Labute approximate surface area is 207 Å². The lowest BCUT2D eigenvalue weighted by molar-refractivity contribution is -0.160. The molecule has 0 unspecified atom stereocenters. The molecule has 2 aromatic carbocycles. The molecule has 190 valence electrons. The van der Waals surface area contributed by atoms with Gasteiger partial charge in [-0.25, -0.2) is 0 Å². The number of carbonyl (C=O) groups excluding carboxylic acids is 3. The molecule has 0 saturated carbocycles. The molecule has 35 heavy (non-hydrogen) atoms. The van der Waals surface area contributed by atoms with Gasteiger partial charge in [0.05, 0.1) is 12.3 Å². The molecule has 0 fully saturated rings. The zero-order valence-corrected chi connectivity index (χ0v) is 21.9. The predicted molar refractivity (Wildman–Crippen MR) is 133 cm³/mol. The van der Waals surface area contributed by atoms with Crippen molar-refractivity contribution in [3.63, 3.8) is 0 Å². The van der Waals surface area contributed by atoms with E-state index in [0.29, 0.717) is 29.5 Å². The van der Waals surface area contributed by atoms with Crippen LogP contribution in [0.15, 0.2) is 24.3 Å². The average Bonchev–Trinajstić information content (AvgIpc) is 2.72. The van der Waals surface area contributed by atoms with E-state index >= 15 is 0 Å². The van der Waals surface area contributed by atoms with Crippen LogP contribution in [0.3, 0.4) is 0 Å². The van der Waals surface area contributed by atoms with E-state index in [1.54, 1.807) is 26.8 Å². The molecule has 0 bridgehead atoms. The van der Waals surface area contributed by atoms with Crippen LogP contribution in [0.4, 0.5) is 0 Å². The van der Waals surface area contributed by atoms with Gasteiger partial charge in [-0.3, -0.25) is 14.4 Å². The van der Waals surface area contributed by atoms with E-state index in [1.165, 1.54) is 6.92 Å². The van der Waals surface area contributed by atoms with Crippen LogP contribution in [-0.4, -0.2) is 29.1 Å². The van der Waals surface area contributed by atoms with Crippen molar-refractivity contribution in [3.8, 4) is 17.2 Å². The van der Waals surface area contributed by atoms with Gasteiger partial charge in [0.15, 0.2) is 11.5 Å². The minimum Gasteiger partial charge on any atom is -0.487 e. The summed E-state index contributed by atoms with van der Waals surface area (Å²) in [4.78, 5) is 38.0. The summed E-state index contributed by atoms with van der Waals surface area (Å²) in [5.74, 6) is -1.52. The van der Waals surface area contributed by atoms with Gasteiger partial charge in [0, 0.05) is 23.3 Å². The third-order valence-electron chi connectivity index (χ3n) is 5.89. The minimum atomic E-state index is -0.736. The summed E-state index contributed by atoms with van der Waals surface area (Å²) < 4.78 is 23.3. The number of fused-ring (bicyclic) bond motifs is 3. The first-order chi connectivity index (χ1) is 16.2. The smallest absolute Gasteiger partial charge is 0.315 e. The minimum absolute atomic E-state index is 0.114. The number of carbonyl (C=O) groups is 3. The van der Waals surface area contributed by atoms with E-state index in [9.17, 15) is 14.4 Å². The third-order valence-corrected chi connectivity index (χ3v) is 5.89. The average molecular weight is 485 g/mol. The van der Waals surface area contributed by atoms with Crippen LogP contribution in [0, 0.1) is 11.8 Å². The standard InChI is InChI=1S/C28H36O7/c1-16(2)21(15-22(30)34-27(4,5)6)26(31)33-24-19-12-10-9-11-18(19)23-20(25(24)32-17(3)29)13-14-28(7,8)35-23/h9-12,16,21H,13-15H2,1-8H3/t21-/m0/s1. The molecule has 1 aliphatic heterocycles. The Balaban J connectivity index is 2.08. The van der Waals surface area contributed by atoms with E-state index < -0.39 is 35.0 Å². The second kappa shape index (κ2) is 9.88. The molecule has 0 aromatic heterocycles. The maximum atomic E-state index is 13.4. The van der Waals surface area contributed by atoms with Crippen LogP contribution < -0.4 is 14.2 Å². The monoisotopic (exact) mass is 484 g/mol. The Morgan fingerprint density at radius 2 is 1.66 bits per heavy atom. The first-order valence-electron chi connectivity index (χ1n) is 12.1. The lowest BCUT2D eigenvalue weighted by atomic mass is 9.90. The van der Waals surface area contributed by atoms with E-state index in [-0.39, 0.29) is 23.8 Å². The third kappa shape index (κ3) is 6.32. The van der Waals surface area contributed by atoms with Crippen LogP contribution in [0.25, 0.3) is 10.8 Å². The van der Waals surface area contributed by atoms with Gasteiger partial charge < -0.3 is 18.9 Å². The Morgan fingerprint density at radius 3 is 2.23 bits per heavy atom. The van der Waals surface area contributed by atoms with E-state index in [1.807, 2.05) is 45.9 Å². The molecule has 2 aromatic rings. The Morgan fingerprint density at radius 1 is 1.03 bits per heavy atom. The Kier molecular flexibility index (Phi) is 7.48. The van der Waals surface area contributed by atoms with Crippen molar-refractivity contribution in [3.05, 3.63) is 29.8 Å². The topological polar surface area (TPSA) is 88.1 Å². The molecule has 7 nitrogen and oxygen atoms in total. The highest BCUT2D eigenvalue weighted by molar-refractivity contribution is 6.00. The molecule has 7 heteroatoms. The van der Waals surface area contributed by atoms with E-state index in [2.05, 4.69) is 0 Å². The van der Waals surface area contributed by atoms with Crippen LogP contribution >= 0.6 is 0 Å². The van der Waals surface area contributed by atoms with Gasteiger partial charge in [-0.1, -0.05) is 38.1 Å². The van der Waals surface area contributed by atoms with Crippen molar-refractivity contribution in [1.82, 2.24) is 0 Å². The van der Waals surface area contributed by atoms with Crippen molar-refractivity contribution in [2.45, 2.75) is 85.9 Å². The van der Waals surface area contributed by atoms with Crippen molar-refractivity contribution in [2.75, 3.05) is 0 Å². The molecular weight excluding hydrogens is 448 g/mol. The molecule has 0 N–H and O–H groups in total. The molecular formula is C28H36O7. The molecule has 0 spiro atoms. The van der Waals surface area contributed by atoms with Crippen molar-refractivity contribution < 1.29 is 33.3 Å². The number of hydrogen-bond donors (Lipinski definition) is 0. The van der Waals surface area contributed by atoms with Crippen molar-refractivity contribution >= 4 is 28.7 Å². The van der Waals surface area contributed by atoms with E-state index in [4.69, 9.17) is 18.9 Å². The predicted octanol–water partition coefficient (Wildman–Crippen LogP) is 5.78. The van der Waals surface area contributed by atoms with Gasteiger partial charge in [0.25, 0.3) is 0 Å². The summed E-state index contributed by atoms with van der Waals surface area (Å²) >= 11 is 0. The highest BCUT2D eigenvalue weighted by Gasteiger charge is 2.36. The number of ether oxygens (including phenoxy) is 4. The Bertz CT molecular complexity index is 1140. The summed E-state index contributed by atoms with van der Waals surface area (Å²) in [5, 5.41) is 1.36. The number of benzene rings is 2. The molecule has 0 saturated heterocycles. The lowest BCUT2D eigenvalue weighted by Crippen LogP contribution is -2.33. The summed E-state index contributed by atoms with van der Waals surface area (Å²) in [6, 6.07) is 7.39. The maximum Gasteiger partial charge on any atom is 0.315 e.